The van der Waals surface area contributed by atoms with Gasteiger partial charge in [-0.2, -0.15) is 0 Å². The van der Waals surface area contributed by atoms with Crippen LogP contribution in [-0.2, 0) is 12.8 Å². The number of hydrogen-bond acceptors (Lipinski definition) is 0. The van der Waals surface area contributed by atoms with Crippen LogP contribution in [0.15, 0.2) is 36.4 Å². The lowest BCUT2D eigenvalue weighted by molar-refractivity contribution is 0.761. The van der Waals surface area contributed by atoms with Gasteiger partial charge in [-0.1, -0.05) is 70.0 Å². The van der Waals surface area contributed by atoms with E-state index in [0.717, 1.165) is 0 Å². The van der Waals surface area contributed by atoms with Gasteiger partial charge >= 0.3 is 0 Å². The third-order valence-electron chi connectivity index (χ3n) is 5.30. The Balaban J connectivity index is 2.51. The Hall–Kier alpha value is -1.13. The monoisotopic (exact) mass is 354 g/mol. The minimum absolute atomic E-state index is 0.254. The lowest BCUT2D eigenvalue weighted by Gasteiger charge is -2.25. The van der Waals surface area contributed by atoms with E-state index in [1.165, 1.54) is 55.8 Å². The Morgan fingerprint density at radius 3 is 2.08 bits per heavy atom. The van der Waals surface area contributed by atoms with E-state index in [-0.39, 0.29) is 7.92 Å². The van der Waals surface area contributed by atoms with Gasteiger partial charge in [-0.15, -0.1) is 0 Å². The summed E-state index contributed by atoms with van der Waals surface area (Å²) < 4.78 is 0. The van der Waals surface area contributed by atoms with Crippen molar-refractivity contribution < 1.29 is 0 Å². The molecular weight excluding hydrogens is 319 g/mol. The maximum Gasteiger partial charge on any atom is -0.0161 e. The third-order valence-corrected chi connectivity index (χ3v) is 8.00. The summed E-state index contributed by atoms with van der Waals surface area (Å²) in [4.78, 5) is 0. The van der Waals surface area contributed by atoms with Crippen molar-refractivity contribution in [1.29, 1.82) is 0 Å². The maximum atomic E-state index is 2.43. The molecular formula is C24H35P. The fourth-order valence-electron chi connectivity index (χ4n) is 3.62. The van der Waals surface area contributed by atoms with Crippen LogP contribution in [0.3, 0.4) is 0 Å². The van der Waals surface area contributed by atoms with Crippen LogP contribution in [0.2, 0.25) is 0 Å². The lowest BCUT2D eigenvalue weighted by atomic mass is 9.98. The molecule has 2 aromatic rings. The molecule has 0 radical (unpaired) electrons. The summed E-state index contributed by atoms with van der Waals surface area (Å²) in [5.74, 6) is 0. The molecule has 0 aliphatic carbocycles. The molecule has 2 aromatic carbocycles. The highest BCUT2D eigenvalue weighted by molar-refractivity contribution is 7.73. The van der Waals surface area contributed by atoms with E-state index in [1.54, 1.807) is 21.7 Å². The van der Waals surface area contributed by atoms with Crippen molar-refractivity contribution in [2.24, 2.45) is 0 Å². The van der Waals surface area contributed by atoms with Crippen LogP contribution in [0, 0.1) is 13.8 Å². The van der Waals surface area contributed by atoms with Crippen LogP contribution in [0.5, 0.6) is 0 Å². The minimum Gasteiger partial charge on any atom is -0.0654 e. The molecule has 0 amide bonds. The molecule has 1 unspecified atom stereocenters. The summed E-state index contributed by atoms with van der Waals surface area (Å²) in [5.41, 5.74) is 6.21. The van der Waals surface area contributed by atoms with Crippen molar-refractivity contribution in [3.8, 4) is 0 Å². The van der Waals surface area contributed by atoms with E-state index >= 15 is 0 Å². The fraction of sp³-hybridized carbons (Fsp3) is 0.500. The van der Waals surface area contributed by atoms with Gasteiger partial charge in [-0.05, 0) is 86.5 Å². The molecule has 0 aromatic heterocycles. The van der Waals surface area contributed by atoms with E-state index in [2.05, 4.69) is 71.0 Å². The van der Waals surface area contributed by atoms with Gasteiger partial charge in [0.2, 0.25) is 0 Å². The standard InChI is InChI=1S/C24H35P/c1-6-9-14-21-15-12-18-24(22(21)16-10-7-2)25(8-3)23-17-11-13-19(4)20(23)5/h11-13,15,17-18H,6-10,14,16H2,1-5H3. The molecule has 0 saturated carbocycles. The van der Waals surface area contributed by atoms with Gasteiger partial charge in [-0.25, -0.2) is 0 Å². The Labute approximate surface area is 156 Å². The molecule has 0 bridgehead atoms. The topological polar surface area (TPSA) is 0 Å². The molecule has 0 N–H and O–H groups in total. The van der Waals surface area contributed by atoms with E-state index in [9.17, 15) is 0 Å². The van der Waals surface area contributed by atoms with Crippen molar-refractivity contribution in [2.75, 3.05) is 6.16 Å². The third kappa shape index (κ3) is 4.95. The first-order chi connectivity index (χ1) is 12.1. The largest absolute Gasteiger partial charge is 0.0654 e. The van der Waals surface area contributed by atoms with Gasteiger partial charge in [0.15, 0.2) is 0 Å². The van der Waals surface area contributed by atoms with Crippen LogP contribution in [0.4, 0.5) is 0 Å². The second-order valence-corrected chi connectivity index (χ2v) is 9.54. The van der Waals surface area contributed by atoms with Crippen molar-refractivity contribution in [3.63, 3.8) is 0 Å². The highest BCUT2D eigenvalue weighted by Crippen LogP contribution is 2.37. The van der Waals surface area contributed by atoms with Crippen LogP contribution >= 0.6 is 7.92 Å². The molecule has 0 saturated heterocycles. The number of hydrogen-bond donors (Lipinski definition) is 0. The van der Waals surface area contributed by atoms with Gasteiger partial charge in [0.05, 0.1) is 0 Å². The number of benzene rings is 2. The van der Waals surface area contributed by atoms with Gasteiger partial charge in [0, 0.05) is 0 Å². The van der Waals surface area contributed by atoms with E-state index in [4.69, 9.17) is 0 Å². The molecule has 25 heavy (non-hydrogen) atoms. The lowest BCUT2D eigenvalue weighted by Crippen LogP contribution is -2.21. The fourth-order valence-corrected chi connectivity index (χ4v) is 6.25. The van der Waals surface area contributed by atoms with Crippen LogP contribution in [-0.4, -0.2) is 6.16 Å². The normalized spacial score (nSPS) is 12.4. The first-order valence-corrected chi connectivity index (χ1v) is 11.6. The van der Waals surface area contributed by atoms with Crippen molar-refractivity contribution in [2.45, 2.75) is 73.1 Å². The maximum absolute atomic E-state index is 2.43. The highest BCUT2D eigenvalue weighted by atomic mass is 31.1. The molecule has 2 rings (SSSR count). The summed E-state index contributed by atoms with van der Waals surface area (Å²) in [5, 5.41) is 3.23. The van der Waals surface area contributed by atoms with Crippen LogP contribution in [0.1, 0.15) is 68.7 Å². The average Bonchev–Trinajstić information content (AvgIpc) is 2.63. The predicted molar refractivity (Wildman–Crippen MR) is 116 cm³/mol. The van der Waals surface area contributed by atoms with Gasteiger partial charge in [0.25, 0.3) is 0 Å². The minimum atomic E-state index is -0.254. The second-order valence-electron chi connectivity index (χ2n) is 7.09. The number of unbranched alkanes of at least 4 members (excludes halogenated alkanes) is 2. The number of rotatable bonds is 9. The molecule has 0 heterocycles. The van der Waals surface area contributed by atoms with E-state index in [1.807, 2.05) is 0 Å². The summed E-state index contributed by atoms with van der Waals surface area (Å²) >= 11 is 0. The van der Waals surface area contributed by atoms with Gasteiger partial charge < -0.3 is 0 Å². The van der Waals surface area contributed by atoms with Crippen LogP contribution < -0.4 is 10.6 Å². The average molecular weight is 355 g/mol. The van der Waals surface area contributed by atoms with Crippen molar-refractivity contribution in [1.82, 2.24) is 0 Å². The Kier molecular flexibility index (Phi) is 8.17. The first-order valence-electron chi connectivity index (χ1n) is 10.1. The summed E-state index contributed by atoms with van der Waals surface area (Å²) in [6, 6.07) is 14.0. The predicted octanol–water partition coefficient (Wildman–Crippen LogP) is 6.44. The van der Waals surface area contributed by atoms with E-state index < -0.39 is 0 Å². The van der Waals surface area contributed by atoms with E-state index in [0.29, 0.717) is 0 Å². The van der Waals surface area contributed by atoms with Gasteiger partial charge in [0.1, 0.15) is 0 Å². The zero-order chi connectivity index (χ0) is 18.2. The molecule has 0 aliphatic rings. The molecule has 1 atom stereocenters. The molecule has 1 heteroatoms. The molecule has 0 nitrogen and oxygen atoms in total. The Morgan fingerprint density at radius 2 is 1.40 bits per heavy atom. The molecule has 0 aliphatic heterocycles. The smallest absolute Gasteiger partial charge is 0.0161 e. The summed E-state index contributed by atoms with van der Waals surface area (Å²) in [7, 11) is -0.254. The molecule has 136 valence electrons. The van der Waals surface area contributed by atoms with Crippen molar-refractivity contribution in [3.05, 3.63) is 58.7 Å². The molecule has 0 spiro atoms. The zero-order valence-electron chi connectivity index (χ0n) is 16.9. The number of aryl methyl sites for hydroxylation is 2. The second kappa shape index (κ2) is 10.1. The van der Waals surface area contributed by atoms with Gasteiger partial charge in [-0.3, -0.25) is 0 Å². The summed E-state index contributed by atoms with van der Waals surface area (Å²) in [6.07, 6.45) is 8.87. The SMILES string of the molecule is CCCCc1cccc(P(CC)c2cccc(C)c2C)c1CCCC. The zero-order valence-corrected chi connectivity index (χ0v) is 17.8. The summed E-state index contributed by atoms with van der Waals surface area (Å²) in [6.45, 7) is 11.5. The quantitative estimate of drug-likeness (QED) is 0.454. The highest BCUT2D eigenvalue weighted by Gasteiger charge is 2.19. The first kappa shape index (κ1) is 20.2. The molecule has 0 fully saturated rings. The Morgan fingerprint density at radius 1 is 0.760 bits per heavy atom. The Bertz CT molecular complexity index is 672. The van der Waals surface area contributed by atoms with Crippen molar-refractivity contribution >= 4 is 18.5 Å². The van der Waals surface area contributed by atoms with Crippen LogP contribution in [0.25, 0.3) is 0 Å².